The predicted molar refractivity (Wildman–Crippen MR) is 85.7 cm³/mol. The van der Waals surface area contributed by atoms with E-state index in [-0.39, 0.29) is 0 Å². The topological polar surface area (TPSA) is 39.1 Å². The molecule has 1 atom stereocenters. The maximum Gasteiger partial charge on any atom is 0.124 e. The molecule has 1 N–H and O–H groups in total. The number of nitrogens with zero attached hydrogens (tertiary/aromatic N) is 2. The van der Waals surface area contributed by atoms with E-state index in [1.165, 1.54) is 16.7 Å². The van der Waals surface area contributed by atoms with Gasteiger partial charge in [-0.3, -0.25) is 4.68 Å². The second-order valence-corrected chi connectivity index (χ2v) is 5.44. The van der Waals surface area contributed by atoms with Crippen molar-refractivity contribution in [2.75, 3.05) is 13.2 Å². The molecule has 0 radical (unpaired) electrons. The van der Waals surface area contributed by atoms with Gasteiger partial charge in [-0.15, -0.1) is 0 Å². The van der Waals surface area contributed by atoms with E-state index < -0.39 is 0 Å². The lowest BCUT2D eigenvalue weighted by atomic mass is 10.0. The van der Waals surface area contributed by atoms with E-state index in [0.29, 0.717) is 12.6 Å². The zero-order chi connectivity index (χ0) is 15.2. The van der Waals surface area contributed by atoms with E-state index in [2.05, 4.69) is 49.4 Å². The maximum absolute atomic E-state index is 6.02. The van der Waals surface area contributed by atoms with E-state index in [1.807, 2.05) is 24.1 Å². The van der Waals surface area contributed by atoms with Crippen molar-refractivity contribution in [2.45, 2.75) is 33.2 Å². The molecule has 21 heavy (non-hydrogen) atoms. The lowest BCUT2D eigenvalue weighted by Crippen LogP contribution is -2.18. The summed E-state index contributed by atoms with van der Waals surface area (Å²) in [4.78, 5) is 0. The van der Waals surface area contributed by atoms with Crippen molar-refractivity contribution in [3.8, 4) is 5.75 Å². The van der Waals surface area contributed by atoms with Crippen molar-refractivity contribution >= 4 is 0 Å². The van der Waals surface area contributed by atoms with Crippen LogP contribution in [0.25, 0.3) is 0 Å². The molecule has 0 saturated carbocycles. The minimum absolute atomic E-state index is 0.295. The lowest BCUT2D eigenvalue weighted by Gasteiger charge is -2.18. The zero-order valence-corrected chi connectivity index (χ0v) is 13.4. The third-order valence-corrected chi connectivity index (χ3v) is 3.55. The number of aryl methyl sites for hydroxylation is 2. The summed E-state index contributed by atoms with van der Waals surface area (Å²) in [6, 6.07) is 6.70. The number of benzene rings is 1. The van der Waals surface area contributed by atoms with E-state index in [0.717, 1.165) is 18.7 Å². The van der Waals surface area contributed by atoms with Gasteiger partial charge in [-0.2, -0.15) is 5.10 Å². The Morgan fingerprint density at radius 1 is 1.38 bits per heavy atom. The number of ether oxygens (including phenoxy) is 1. The van der Waals surface area contributed by atoms with Crippen LogP contribution in [0.1, 0.15) is 36.6 Å². The molecule has 0 fully saturated rings. The Morgan fingerprint density at radius 3 is 2.86 bits per heavy atom. The summed E-state index contributed by atoms with van der Waals surface area (Å²) in [5, 5.41) is 7.62. The highest BCUT2D eigenvalue weighted by Gasteiger charge is 2.11. The van der Waals surface area contributed by atoms with Crippen LogP contribution in [0.4, 0.5) is 0 Å². The highest BCUT2D eigenvalue weighted by atomic mass is 16.5. The van der Waals surface area contributed by atoms with E-state index >= 15 is 0 Å². The van der Waals surface area contributed by atoms with Gasteiger partial charge < -0.3 is 10.1 Å². The third kappa shape index (κ3) is 4.33. The molecule has 0 aliphatic rings. The maximum atomic E-state index is 6.02. The van der Waals surface area contributed by atoms with Crippen LogP contribution >= 0.6 is 0 Å². The second-order valence-electron chi connectivity index (χ2n) is 5.44. The van der Waals surface area contributed by atoms with Crippen LogP contribution < -0.4 is 10.1 Å². The van der Waals surface area contributed by atoms with Gasteiger partial charge in [0.2, 0.25) is 0 Å². The fourth-order valence-electron chi connectivity index (χ4n) is 2.42. The number of rotatable bonds is 7. The summed E-state index contributed by atoms with van der Waals surface area (Å²) in [5.41, 5.74) is 3.64. The van der Waals surface area contributed by atoms with Crippen LogP contribution in [-0.4, -0.2) is 22.9 Å². The summed E-state index contributed by atoms with van der Waals surface area (Å²) in [6.45, 7) is 8.00. The van der Waals surface area contributed by atoms with Crippen molar-refractivity contribution in [1.82, 2.24) is 15.1 Å². The van der Waals surface area contributed by atoms with E-state index in [4.69, 9.17) is 4.74 Å². The van der Waals surface area contributed by atoms with Gasteiger partial charge in [0.05, 0.1) is 12.8 Å². The summed E-state index contributed by atoms with van der Waals surface area (Å²) >= 11 is 0. The molecule has 2 rings (SSSR count). The number of hydrogen-bond donors (Lipinski definition) is 1. The summed E-state index contributed by atoms with van der Waals surface area (Å²) in [6.07, 6.45) is 4.79. The molecule has 0 bridgehead atoms. The minimum Gasteiger partial charge on any atom is -0.493 e. The fourth-order valence-corrected chi connectivity index (χ4v) is 2.42. The Morgan fingerprint density at radius 2 is 2.19 bits per heavy atom. The molecular weight excluding hydrogens is 262 g/mol. The highest BCUT2D eigenvalue weighted by molar-refractivity contribution is 5.39. The van der Waals surface area contributed by atoms with Crippen LogP contribution in [0.5, 0.6) is 5.75 Å². The van der Waals surface area contributed by atoms with E-state index in [9.17, 15) is 0 Å². The van der Waals surface area contributed by atoms with Crippen molar-refractivity contribution in [3.05, 3.63) is 47.3 Å². The van der Waals surface area contributed by atoms with Crippen LogP contribution in [0.3, 0.4) is 0 Å². The first kappa shape index (κ1) is 15.6. The molecule has 0 saturated heterocycles. The Kier molecular flexibility index (Phi) is 5.39. The first-order valence-electron chi connectivity index (χ1n) is 7.54. The van der Waals surface area contributed by atoms with Gasteiger partial charge in [0.15, 0.2) is 0 Å². The van der Waals surface area contributed by atoms with Crippen molar-refractivity contribution in [3.63, 3.8) is 0 Å². The standard InChI is InChI=1S/C17H25N3O/c1-5-18-14(3)16-7-6-13(2)10-17(16)21-9-8-15-11-19-20(4)12-15/h6-7,10-12,14,18H,5,8-9H2,1-4H3. The molecule has 1 aromatic heterocycles. The first-order valence-corrected chi connectivity index (χ1v) is 7.54. The molecule has 0 aliphatic carbocycles. The van der Waals surface area contributed by atoms with Gasteiger partial charge in [-0.25, -0.2) is 0 Å². The molecule has 1 aromatic carbocycles. The molecule has 4 nitrogen and oxygen atoms in total. The van der Waals surface area contributed by atoms with Gasteiger partial charge in [0, 0.05) is 31.3 Å². The summed E-state index contributed by atoms with van der Waals surface area (Å²) < 4.78 is 7.84. The molecule has 1 heterocycles. The smallest absolute Gasteiger partial charge is 0.124 e. The summed E-state index contributed by atoms with van der Waals surface area (Å²) in [5.74, 6) is 0.979. The molecule has 4 heteroatoms. The zero-order valence-electron chi connectivity index (χ0n) is 13.4. The molecule has 2 aromatic rings. The average Bonchev–Trinajstić information content (AvgIpc) is 2.85. The van der Waals surface area contributed by atoms with Crippen LogP contribution in [0.2, 0.25) is 0 Å². The number of aromatic nitrogens is 2. The SMILES string of the molecule is CCNC(C)c1ccc(C)cc1OCCc1cnn(C)c1. The predicted octanol–water partition coefficient (Wildman–Crippen LogP) is 3.02. The monoisotopic (exact) mass is 287 g/mol. The average molecular weight is 287 g/mol. The Bertz CT molecular complexity index is 577. The second kappa shape index (κ2) is 7.27. The van der Waals surface area contributed by atoms with Gasteiger partial charge >= 0.3 is 0 Å². The first-order chi connectivity index (χ1) is 10.1. The molecular formula is C17H25N3O. The third-order valence-electron chi connectivity index (χ3n) is 3.55. The Hall–Kier alpha value is -1.81. The molecule has 0 amide bonds. The van der Waals surface area contributed by atoms with Gasteiger partial charge in [0.1, 0.15) is 5.75 Å². The van der Waals surface area contributed by atoms with Crippen molar-refractivity contribution in [1.29, 1.82) is 0 Å². The van der Waals surface area contributed by atoms with Gasteiger partial charge in [-0.05, 0) is 37.6 Å². The van der Waals surface area contributed by atoms with Crippen molar-refractivity contribution in [2.24, 2.45) is 7.05 Å². The Balaban J connectivity index is 2.02. The van der Waals surface area contributed by atoms with Gasteiger partial charge in [0.25, 0.3) is 0 Å². The van der Waals surface area contributed by atoms with Crippen LogP contribution in [-0.2, 0) is 13.5 Å². The minimum atomic E-state index is 0.295. The quantitative estimate of drug-likeness (QED) is 0.851. The summed E-state index contributed by atoms with van der Waals surface area (Å²) in [7, 11) is 1.93. The molecule has 114 valence electrons. The fraction of sp³-hybridized carbons (Fsp3) is 0.471. The normalized spacial score (nSPS) is 12.4. The molecule has 1 unspecified atom stereocenters. The van der Waals surface area contributed by atoms with E-state index in [1.54, 1.807) is 0 Å². The van der Waals surface area contributed by atoms with Gasteiger partial charge in [-0.1, -0.05) is 19.1 Å². The number of nitrogens with one attached hydrogen (secondary N) is 1. The van der Waals surface area contributed by atoms with Crippen LogP contribution in [0, 0.1) is 6.92 Å². The number of hydrogen-bond acceptors (Lipinski definition) is 3. The molecule has 0 aliphatic heterocycles. The molecule has 0 spiro atoms. The van der Waals surface area contributed by atoms with Crippen LogP contribution in [0.15, 0.2) is 30.6 Å². The highest BCUT2D eigenvalue weighted by Crippen LogP contribution is 2.26. The lowest BCUT2D eigenvalue weighted by molar-refractivity contribution is 0.315. The van der Waals surface area contributed by atoms with Crippen molar-refractivity contribution < 1.29 is 4.74 Å². The Labute approximate surface area is 127 Å². The largest absolute Gasteiger partial charge is 0.493 e.